The second kappa shape index (κ2) is 12.0. The molecule has 1 N–H and O–H groups in total. The fraction of sp³-hybridized carbons (Fsp3) is 0.400. The lowest BCUT2D eigenvalue weighted by atomic mass is 10.1. The van der Waals surface area contributed by atoms with Crippen LogP contribution in [-0.4, -0.2) is 40.8 Å². The number of alkyl halides is 3. The van der Waals surface area contributed by atoms with E-state index >= 15 is 0 Å². The number of hydrogen-bond acceptors (Lipinski definition) is 4. The monoisotopic (exact) mass is 507 g/mol. The third-order valence-electron chi connectivity index (χ3n) is 5.62. The summed E-state index contributed by atoms with van der Waals surface area (Å²) in [7, 11) is 0. The van der Waals surface area contributed by atoms with Crippen molar-refractivity contribution in [1.82, 2.24) is 4.90 Å². The van der Waals surface area contributed by atoms with Crippen LogP contribution in [0.1, 0.15) is 45.4 Å². The molecule has 0 aliphatic carbocycles. The van der Waals surface area contributed by atoms with Gasteiger partial charge >= 0.3 is 6.36 Å². The van der Waals surface area contributed by atoms with Crippen LogP contribution in [-0.2, 0) is 9.59 Å². The largest absolute Gasteiger partial charge is 0.573 e. The number of benzene rings is 2. The van der Waals surface area contributed by atoms with E-state index in [-0.39, 0.29) is 12.1 Å². The summed E-state index contributed by atoms with van der Waals surface area (Å²) in [5.41, 5.74) is 0.948. The Kier molecular flexibility index (Phi) is 9.08. The van der Waals surface area contributed by atoms with Crippen molar-refractivity contribution in [3.05, 3.63) is 54.6 Å². The molecule has 3 rings (SSSR count). The first kappa shape index (κ1) is 26.5. The van der Waals surface area contributed by atoms with Crippen LogP contribution in [0, 0.1) is 0 Å². The van der Waals surface area contributed by atoms with Crippen molar-refractivity contribution >= 4 is 40.5 Å². The zero-order chi connectivity index (χ0) is 25.4. The van der Waals surface area contributed by atoms with E-state index in [1.807, 2.05) is 30.3 Å². The Hall–Kier alpha value is -3.14. The molecule has 6 nitrogen and oxygen atoms in total. The molecule has 0 bridgehead atoms. The van der Waals surface area contributed by atoms with Gasteiger partial charge in [0.15, 0.2) is 5.11 Å². The molecule has 10 heteroatoms. The predicted octanol–water partition coefficient (Wildman–Crippen LogP) is 5.89. The summed E-state index contributed by atoms with van der Waals surface area (Å²) in [5.74, 6) is -1.34. The van der Waals surface area contributed by atoms with Gasteiger partial charge in [-0.15, -0.1) is 13.2 Å². The predicted molar refractivity (Wildman–Crippen MR) is 132 cm³/mol. The Bertz CT molecular complexity index is 1020. The van der Waals surface area contributed by atoms with Crippen molar-refractivity contribution in [3.63, 3.8) is 0 Å². The molecule has 1 fully saturated rings. The summed E-state index contributed by atoms with van der Waals surface area (Å²) in [5, 5.41) is 3.48. The van der Waals surface area contributed by atoms with Gasteiger partial charge in [-0.25, -0.2) is 4.90 Å². The van der Waals surface area contributed by atoms with Gasteiger partial charge in [-0.1, -0.05) is 50.8 Å². The van der Waals surface area contributed by atoms with Crippen molar-refractivity contribution in [2.45, 2.75) is 57.9 Å². The number of thiocarbonyl (C=S) groups is 1. The summed E-state index contributed by atoms with van der Waals surface area (Å²) in [6.07, 6.45) is 0.162. The number of unbranched alkanes of at least 4 members (excludes halogenated alkanes) is 4. The number of anilines is 2. The lowest BCUT2D eigenvalue weighted by Crippen LogP contribution is -2.47. The van der Waals surface area contributed by atoms with Gasteiger partial charge in [0, 0.05) is 12.2 Å². The number of halogens is 3. The third-order valence-corrected chi connectivity index (χ3v) is 5.95. The molecule has 35 heavy (non-hydrogen) atoms. The minimum Gasteiger partial charge on any atom is -0.406 e. The van der Waals surface area contributed by atoms with Gasteiger partial charge in [0.05, 0.1) is 12.1 Å². The third kappa shape index (κ3) is 7.42. The van der Waals surface area contributed by atoms with E-state index in [9.17, 15) is 22.8 Å². The first-order valence-corrected chi connectivity index (χ1v) is 12.0. The summed E-state index contributed by atoms with van der Waals surface area (Å²) in [4.78, 5) is 28.9. The zero-order valence-electron chi connectivity index (χ0n) is 19.4. The van der Waals surface area contributed by atoms with Crippen LogP contribution in [0.5, 0.6) is 5.75 Å². The lowest BCUT2D eigenvalue weighted by molar-refractivity contribution is -0.274. The molecule has 2 aromatic rings. The van der Waals surface area contributed by atoms with Crippen molar-refractivity contribution in [2.75, 3.05) is 16.8 Å². The van der Waals surface area contributed by atoms with E-state index in [4.69, 9.17) is 12.2 Å². The fourth-order valence-corrected chi connectivity index (χ4v) is 4.27. The first-order chi connectivity index (χ1) is 16.7. The Balaban J connectivity index is 1.76. The normalized spacial score (nSPS) is 15.9. The molecule has 0 aromatic heterocycles. The molecule has 1 saturated heterocycles. The lowest BCUT2D eigenvalue weighted by Gasteiger charge is -2.30. The van der Waals surface area contributed by atoms with Crippen molar-refractivity contribution in [3.8, 4) is 5.75 Å². The van der Waals surface area contributed by atoms with E-state index in [2.05, 4.69) is 17.0 Å². The minimum atomic E-state index is -4.83. The number of nitrogens with zero attached hydrogens (tertiary/aromatic N) is 2. The van der Waals surface area contributed by atoms with E-state index < -0.39 is 30.0 Å². The number of nitrogens with one attached hydrogen (secondary N) is 1. The second-order valence-electron chi connectivity index (χ2n) is 8.23. The highest BCUT2D eigenvalue weighted by Gasteiger charge is 2.43. The highest BCUT2D eigenvalue weighted by molar-refractivity contribution is 7.80. The standard InChI is InChI=1S/C25H28F3N3O3S/c1-2-3-4-5-9-16-30(24(35)29-18-10-7-6-8-11-18)21-17-22(32)31(23(21)33)19-12-14-20(15-13-19)34-25(26,27)28/h6-8,10-15,21H,2-5,9,16-17H2,1H3,(H,29,35). The van der Waals surface area contributed by atoms with Crippen molar-refractivity contribution in [2.24, 2.45) is 0 Å². The Morgan fingerprint density at radius 3 is 2.34 bits per heavy atom. The molecule has 188 valence electrons. The van der Waals surface area contributed by atoms with Gasteiger partial charge < -0.3 is 15.0 Å². The van der Waals surface area contributed by atoms with Gasteiger partial charge in [-0.3, -0.25) is 9.59 Å². The molecule has 1 aliphatic heterocycles. The van der Waals surface area contributed by atoms with E-state index in [1.54, 1.807) is 4.90 Å². The number of rotatable bonds is 10. The molecule has 0 saturated carbocycles. The number of amides is 2. The number of carbonyl (C=O) groups is 2. The molecular weight excluding hydrogens is 479 g/mol. The topological polar surface area (TPSA) is 61.9 Å². The number of hydrogen-bond donors (Lipinski definition) is 1. The molecule has 0 radical (unpaired) electrons. The van der Waals surface area contributed by atoms with Crippen molar-refractivity contribution < 1.29 is 27.5 Å². The Morgan fingerprint density at radius 1 is 1.06 bits per heavy atom. The highest BCUT2D eigenvalue weighted by atomic mass is 32.1. The maximum atomic E-state index is 13.3. The summed E-state index contributed by atoms with van der Waals surface area (Å²) in [6.45, 7) is 2.63. The maximum Gasteiger partial charge on any atom is 0.573 e. The number of para-hydroxylation sites is 1. The highest BCUT2D eigenvalue weighted by Crippen LogP contribution is 2.30. The molecular formula is C25H28F3N3O3S. The number of imide groups is 1. The number of carbonyl (C=O) groups excluding carboxylic acids is 2. The molecule has 1 aliphatic rings. The maximum absolute atomic E-state index is 13.3. The average Bonchev–Trinajstić information content (AvgIpc) is 3.10. The van der Waals surface area contributed by atoms with Crippen LogP contribution in [0.2, 0.25) is 0 Å². The molecule has 1 atom stereocenters. The van der Waals surface area contributed by atoms with E-state index in [0.717, 1.165) is 54.8 Å². The minimum absolute atomic E-state index is 0.0782. The van der Waals surface area contributed by atoms with Crippen LogP contribution in [0.15, 0.2) is 54.6 Å². The average molecular weight is 508 g/mol. The van der Waals surface area contributed by atoms with Crippen molar-refractivity contribution in [1.29, 1.82) is 0 Å². The Labute approximate surface area is 208 Å². The van der Waals surface area contributed by atoms with E-state index in [0.29, 0.717) is 11.7 Å². The van der Waals surface area contributed by atoms with Gasteiger partial charge in [-0.2, -0.15) is 0 Å². The van der Waals surface area contributed by atoms with Crippen LogP contribution in [0.3, 0.4) is 0 Å². The molecule has 2 aromatic carbocycles. The number of ether oxygens (including phenoxy) is 1. The zero-order valence-corrected chi connectivity index (χ0v) is 20.2. The smallest absolute Gasteiger partial charge is 0.406 e. The summed E-state index contributed by atoms with van der Waals surface area (Å²) >= 11 is 5.62. The Morgan fingerprint density at radius 2 is 1.71 bits per heavy atom. The molecule has 1 heterocycles. The molecule has 2 amide bonds. The van der Waals surface area contributed by atoms with Gasteiger partial charge in [0.25, 0.3) is 5.91 Å². The van der Waals surface area contributed by atoms with Gasteiger partial charge in [-0.05, 0) is 55.0 Å². The quantitative estimate of drug-likeness (QED) is 0.246. The molecule has 0 spiro atoms. The SMILES string of the molecule is CCCCCCCN(C(=S)Nc1ccccc1)C1CC(=O)N(c2ccc(OC(F)(F)F)cc2)C1=O. The first-order valence-electron chi connectivity index (χ1n) is 11.5. The molecule has 1 unspecified atom stereocenters. The van der Waals surface area contributed by atoms with Crippen LogP contribution in [0.4, 0.5) is 24.5 Å². The van der Waals surface area contributed by atoms with Crippen LogP contribution >= 0.6 is 12.2 Å². The van der Waals surface area contributed by atoms with Gasteiger partial charge in [0.1, 0.15) is 11.8 Å². The van der Waals surface area contributed by atoms with E-state index in [1.165, 1.54) is 12.1 Å². The van der Waals surface area contributed by atoms with Gasteiger partial charge in [0.2, 0.25) is 5.91 Å². The summed E-state index contributed by atoms with van der Waals surface area (Å²) < 4.78 is 41.2. The fourth-order valence-electron chi connectivity index (χ4n) is 3.93. The van der Waals surface area contributed by atoms with Crippen LogP contribution in [0.25, 0.3) is 0 Å². The summed E-state index contributed by atoms with van der Waals surface area (Å²) in [6, 6.07) is 13.2. The van der Waals surface area contributed by atoms with Crippen LogP contribution < -0.4 is 15.0 Å². The second-order valence-corrected chi connectivity index (χ2v) is 8.62.